The number of halogens is 1. The Balaban J connectivity index is 2.20. The number of anilines is 1. The Morgan fingerprint density at radius 1 is 1.14 bits per heavy atom. The van der Waals surface area contributed by atoms with Gasteiger partial charge in [0.05, 0.1) is 30.2 Å². The first kappa shape index (κ1) is 27.8. The predicted molar refractivity (Wildman–Crippen MR) is 131 cm³/mol. The summed E-state index contributed by atoms with van der Waals surface area (Å²) in [6.45, 7) is 13.4. The number of aryl methyl sites for hydroxylation is 1. The third-order valence-corrected chi connectivity index (χ3v) is 4.79. The fraction of sp³-hybridized carbons (Fsp3) is 0.520. The van der Waals surface area contributed by atoms with Crippen LogP contribution in [0.25, 0.3) is 11.3 Å². The van der Waals surface area contributed by atoms with Crippen molar-refractivity contribution in [1.82, 2.24) is 15.3 Å². The minimum Gasteiger partial charge on any atom is -0.489 e. The molecule has 2 aromatic heterocycles. The summed E-state index contributed by atoms with van der Waals surface area (Å²) in [6.07, 6.45) is 0.433. The zero-order valence-electron chi connectivity index (χ0n) is 21.6. The van der Waals surface area contributed by atoms with Crippen LogP contribution in [0.1, 0.15) is 53.7 Å². The molecule has 0 fully saturated rings. The van der Waals surface area contributed by atoms with Crippen LogP contribution in [-0.4, -0.2) is 47.0 Å². The lowest BCUT2D eigenvalue weighted by Gasteiger charge is -2.33. The third kappa shape index (κ3) is 8.70. The smallest absolute Gasteiger partial charge is 0.412 e. The molecule has 2 heterocycles. The normalized spacial score (nSPS) is 13.1. The molecule has 2 rings (SSSR count). The maximum Gasteiger partial charge on any atom is 0.412 e. The summed E-state index contributed by atoms with van der Waals surface area (Å²) in [5.41, 5.74) is -0.260. The first-order valence-corrected chi connectivity index (χ1v) is 11.3. The lowest BCUT2D eigenvalue weighted by molar-refractivity contribution is 0.0407. The Hall–Kier alpha value is -3.43. The van der Waals surface area contributed by atoms with Gasteiger partial charge in [-0.1, -0.05) is 13.8 Å². The van der Waals surface area contributed by atoms with E-state index in [2.05, 4.69) is 39.2 Å². The van der Waals surface area contributed by atoms with Crippen LogP contribution in [0.3, 0.4) is 0 Å². The zero-order valence-corrected chi connectivity index (χ0v) is 21.6. The Kier molecular flexibility index (Phi) is 9.00. The third-order valence-electron chi connectivity index (χ3n) is 4.79. The number of pyridine rings is 2. The molecule has 0 aliphatic carbocycles. The molecule has 35 heavy (non-hydrogen) atoms. The van der Waals surface area contributed by atoms with E-state index in [1.54, 1.807) is 39.8 Å². The molecule has 0 radical (unpaired) electrons. The van der Waals surface area contributed by atoms with E-state index < -0.39 is 29.1 Å². The second kappa shape index (κ2) is 11.3. The van der Waals surface area contributed by atoms with E-state index in [1.165, 1.54) is 13.2 Å². The van der Waals surface area contributed by atoms with Crippen LogP contribution in [0, 0.1) is 18.7 Å². The summed E-state index contributed by atoms with van der Waals surface area (Å²) in [4.78, 5) is 32.1. The van der Waals surface area contributed by atoms with Crippen LogP contribution in [0.15, 0.2) is 24.4 Å². The maximum absolute atomic E-state index is 14.4. The van der Waals surface area contributed by atoms with Crippen molar-refractivity contribution in [2.24, 2.45) is 5.92 Å². The monoisotopic (exact) mass is 490 g/mol. The number of amides is 2. The number of alkyl carbamates (subject to hydrolysis) is 1. The van der Waals surface area contributed by atoms with Gasteiger partial charge in [0.1, 0.15) is 23.8 Å². The van der Waals surface area contributed by atoms with Crippen molar-refractivity contribution in [2.75, 3.05) is 19.0 Å². The molecule has 1 atom stereocenters. The lowest BCUT2D eigenvalue weighted by Crippen LogP contribution is -2.52. The molecule has 2 aromatic rings. The van der Waals surface area contributed by atoms with Gasteiger partial charge in [-0.3, -0.25) is 5.32 Å². The summed E-state index contributed by atoms with van der Waals surface area (Å²) < 4.78 is 30.4. The molecule has 0 saturated carbocycles. The van der Waals surface area contributed by atoms with Crippen molar-refractivity contribution in [3.05, 3.63) is 35.9 Å². The van der Waals surface area contributed by atoms with Crippen LogP contribution >= 0.6 is 0 Å². The van der Waals surface area contributed by atoms with Crippen molar-refractivity contribution in [3.8, 4) is 17.0 Å². The highest BCUT2D eigenvalue weighted by atomic mass is 19.1. The first-order valence-electron chi connectivity index (χ1n) is 11.3. The second-order valence-corrected chi connectivity index (χ2v) is 10.0. The standard InChI is InChI=1S/C25H35FN4O5/c1-15(2)12-25(7,30-23(32)35-24(4,5)6)14-34-20-10-9-19(28-16(20)3)17-11-21(27-13-18(17)26)29-22(31)33-8/h9-11,13,15H,12,14H2,1-8H3,(H,30,32)(H,27,29,31)/t25-/m0/s1. The van der Waals surface area contributed by atoms with Crippen molar-refractivity contribution in [1.29, 1.82) is 0 Å². The molecule has 0 aliphatic rings. The van der Waals surface area contributed by atoms with E-state index in [1.807, 2.05) is 6.92 Å². The SMILES string of the molecule is COC(=O)Nc1cc(-c2ccc(OC[C@](C)(CC(C)C)NC(=O)OC(C)(C)C)c(C)n2)c(F)cn1. The number of hydrogen-bond donors (Lipinski definition) is 2. The number of ether oxygens (including phenoxy) is 3. The minimum absolute atomic E-state index is 0.130. The van der Waals surface area contributed by atoms with E-state index in [9.17, 15) is 14.0 Å². The topological polar surface area (TPSA) is 112 Å². The summed E-state index contributed by atoms with van der Waals surface area (Å²) in [6, 6.07) is 4.68. The van der Waals surface area contributed by atoms with Gasteiger partial charge in [-0.15, -0.1) is 0 Å². The molecular weight excluding hydrogens is 455 g/mol. The minimum atomic E-state index is -0.715. The van der Waals surface area contributed by atoms with Crippen LogP contribution in [0.2, 0.25) is 0 Å². The van der Waals surface area contributed by atoms with Gasteiger partial charge in [-0.05, 0) is 65.2 Å². The molecule has 0 bridgehead atoms. The van der Waals surface area contributed by atoms with Gasteiger partial charge in [0, 0.05) is 5.56 Å². The Morgan fingerprint density at radius 2 is 1.83 bits per heavy atom. The molecule has 0 spiro atoms. The summed E-state index contributed by atoms with van der Waals surface area (Å²) in [5.74, 6) is 0.331. The molecule has 192 valence electrons. The van der Waals surface area contributed by atoms with E-state index >= 15 is 0 Å². The summed E-state index contributed by atoms with van der Waals surface area (Å²) in [5, 5.41) is 5.34. The van der Waals surface area contributed by atoms with Crippen LogP contribution in [-0.2, 0) is 9.47 Å². The highest BCUT2D eigenvalue weighted by molar-refractivity contribution is 5.84. The van der Waals surface area contributed by atoms with E-state index in [-0.39, 0.29) is 18.0 Å². The number of carbonyl (C=O) groups excluding carboxylic acids is 2. The Morgan fingerprint density at radius 3 is 2.40 bits per heavy atom. The molecular formula is C25H35FN4O5. The average Bonchev–Trinajstić information content (AvgIpc) is 2.72. The molecule has 0 aliphatic heterocycles. The maximum atomic E-state index is 14.4. The summed E-state index contributed by atoms with van der Waals surface area (Å²) >= 11 is 0. The van der Waals surface area contributed by atoms with Crippen LogP contribution < -0.4 is 15.4 Å². The van der Waals surface area contributed by atoms with E-state index in [0.29, 0.717) is 29.5 Å². The number of methoxy groups -OCH3 is 1. The van der Waals surface area contributed by atoms with Crippen molar-refractivity contribution in [2.45, 2.75) is 66.0 Å². The first-order chi connectivity index (χ1) is 16.2. The largest absolute Gasteiger partial charge is 0.489 e. The van der Waals surface area contributed by atoms with Gasteiger partial charge in [0.15, 0.2) is 5.82 Å². The summed E-state index contributed by atoms with van der Waals surface area (Å²) in [7, 11) is 1.22. The molecule has 2 N–H and O–H groups in total. The van der Waals surface area contributed by atoms with Gasteiger partial charge in [-0.2, -0.15) is 0 Å². The molecule has 2 amide bonds. The second-order valence-electron chi connectivity index (χ2n) is 10.0. The van der Waals surface area contributed by atoms with Crippen molar-refractivity contribution < 1.29 is 28.2 Å². The number of carbonyl (C=O) groups is 2. The highest BCUT2D eigenvalue weighted by Crippen LogP contribution is 2.28. The van der Waals surface area contributed by atoms with Crippen molar-refractivity contribution in [3.63, 3.8) is 0 Å². The average molecular weight is 491 g/mol. The van der Waals surface area contributed by atoms with Gasteiger partial charge in [0.2, 0.25) is 0 Å². The fourth-order valence-electron chi connectivity index (χ4n) is 3.54. The number of hydrogen-bond acceptors (Lipinski definition) is 7. The highest BCUT2D eigenvalue weighted by Gasteiger charge is 2.31. The lowest BCUT2D eigenvalue weighted by atomic mass is 9.91. The van der Waals surface area contributed by atoms with Crippen LogP contribution in [0.4, 0.5) is 19.8 Å². The number of nitrogens with one attached hydrogen (secondary N) is 2. The fourth-order valence-corrected chi connectivity index (χ4v) is 3.54. The molecule has 9 nitrogen and oxygen atoms in total. The van der Waals surface area contributed by atoms with Crippen LogP contribution in [0.5, 0.6) is 5.75 Å². The van der Waals surface area contributed by atoms with Crippen molar-refractivity contribution >= 4 is 18.0 Å². The van der Waals surface area contributed by atoms with Gasteiger partial charge < -0.3 is 19.5 Å². The predicted octanol–water partition coefficient (Wildman–Crippen LogP) is 5.48. The van der Waals surface area contributed by atoms with Gasteiger partial charge in [0.25, 0.3) is 0 Å². The quantitative estimate of drug-likeness (QED) is 0.504. The van der Waals surface area contributed by atoms with E-state index in [4.69, 9.17) is 9.47 Å². The van der Waals surface area contributed by atoms with Gasteiger partial charge in [-0.25, -0.2) is 23.9 Å². The zero-order chi connectivity index (χ0) is 26.4. The number of rotatable bonds is 8. The molecule has 10 heteroatoms. The Labute approximate surface area is 205 Å². The number of aromatic nitrogens is 2. The Bertz CT molecular complexity index is 1050. The van der Waals surface area contributed by atoms with E-state index in [0.717, 1.165) is 6.20 Å². The van der Waals surface area contributed by atoms with Gasteiger partial charge >= 0.3 is 12.2 Å². The molecule has 0 saturated heterocycles. The molecule has 0 aromatic carbocycles. The number of nitrogens with zero attached hydrogens (tertiary/aromatic N) is 2. The molecule has 0 unspecified atom stereocenters.